The number of carbonyl (C=O) groups excluding carboxylic acids is 1. The van der Waals surface area contributed by atoms with Crippen LogP contribution in [0.4, 0.5) is 0 Å². The van der Waals surface area contributed by atoms with Gasteiger partial charge >= 0.3 is 5.97 Å². The summed E-state index contributed by atoms with van der Waals surface area (Å²) in [7, 11) is 0. The summed E-state index contributed by atoms with van der Waals surface area (Å²) in [5.74, 6) is -0.409. The van der Waals surface area contributed by atoms with Crippen LogP contribution >= 0.6 is 27.3 Å². The van der Waals surface area contributed by atoms with Crippen LogP contribution in [0.3, 0.4) is 0 Å². The summed E-state index contributed by atoms with van der Waals surface area (Å²) in [5.41, 5.74) is 1.47. The average Bonchev–Trinajstić information content (AvgIpc) is 2.87. The smallest absolute Gasteiger partial charge is 0.348 e. The van der Waals surface area contributed by atoms with E-state index in [1.807, 2.05) is 24.3 Å². The first-order valence-corrected chi connectivity index (χ1v) is 9.41. The fourth-order valence-corrected chi connectivity index (χ4v) is 4.04. The van der Waals surface area contributed by atoms with Gasteiger partial charge in [-0.25, -0.2) is 9.78 Å². The van der Waals surface area contributed by atoms with Gasteiger partial charge in [-0.05, 0) is 44.0 Å². The van der Waals surface area contributed by atoms with Crippen molar-refractivity contribution >= 4 is 43.5 Å². The number of nitrogens with zero attached hydrogens (tertiary/aromatic N) is 2. The van der Waals surface area contributed by atoms with E-state index < -0.39 is 5.97 Å². The summed E-state index contributed by atoms with van der Waals surface area (Å²) in [4.78, 5) is 30.4. The first kappa shape index (κ1) is 17.8. The Morgan fingerprint density at radius 3 is 2.84 bits per heavy atom. The molecule has 1 aromatic carbocycles. The number of esters is 1. The number of carbonyl (C=O) groups is 1. The molecule has 0 unspecified atom stereocenters. The minimum absolute atomic E-state index is 0.151. The van der Waals surface area contributed by atoms with Gasteiger partial charge in [0.05, 0.1) is 24.4 Å². The maximum Gasteiger partial charge on any atom is 0.348 e. The highest BCUT2D eigenvalue weighted by Gasteiger charge is 2.21. The van der Waals surface area contributed by atoms with Crippen molar-refractivity contribution in [3.8, 4) is 0 Å². The molecule has 0 atom stereocenters. The Balaban J connectivity index is 2.04. The topological polar surface area (TPSA) is 61.2 Å². The van der Waals surface area contributed by atoms with Gasteiger partial charge in [0.15, 0.2) is 0 Å². The van der Waals surface area contributed by atoms with Crippen LogP contribution in [0.1, 0.15) is 34.6 Å². The maximum absolute atomic E-state index is 12.9. The quantitative estimate of drug-likeness (QED) is 0.594. The van der Waals surface area contributed by atoms with Gasteiger partial charge in [-0.15, -0.1) is 11.3 Å². The van der Waals surface area contributed by atoms with Crippen molar-refractivity contribution in [2.24, 2.45) is 0 Å². The van der Waals surface area contributed by atoms with E-state index in [4.69, 9.17) is 4.74 Å². The molecule has 0 aliphatic heterocycles. The van der Waals surface area contributed by atoms with Crippen molar-refractivity contribution < 1.29 is 9.53 Å². The molecule has 0 spiro atoms. The molecule has 3 aromatic rings. The number of aromatic nitrogens is 2. The second-order valence-corrected chi connectivity index (χ2v) is 7.91. The Hall–Kier alpha value is -1.99. The molecule has 3 rings (SSSR count). The third-order valence-corrected chi connectivity index (χ3v) is 5.36. The van der Waals surface area contributed by atoms with Gasteiger partial charge in [0, 0.05) is 4.47 Å². The van der Waals surface area contributed by atoms with Crippen LogP contribution in [0, 0.1) is 6.92 Å². The molecule has 0 saturated heterocycles. The Bertz CT molecular complexity index is 1010. The maximum atomic E-state index is 12.9. The van der Waals surface area contributed by atoms with E-state index in [9.17, 15) is 9.59 Å². The third kappa shape index (κ3) is 3.67. The lowest BCUT2D eigenvalue weighted by atomic mass is 10.2. The van der Waals surface area contributed by atoms with Gasteiger partial charge in [-0.2, -0.15) is 0 Å². The minimum Gasteiger partial charge on any atom is -0.459 e. The molecule has 0 aliphatic carbocycles. The fraction of sp³-hybridized carbons (Fsp3) is 0.278. The Morgan fingerprint density at radius 1 is 1.40 bits per heavy atom. The highest BCUT2D eigenvalue weighted by molar-refractivity contribution is 9.10. The normalized spacial score (nSPS) is 11.2. The molecule has 0 radical (unpaired) electrons. The molecule has 0 bridgehead atoms. The summed E-state index contributed by atoms with van der Waals surface area (Å²) in [5, 5.41) is 0.484. The van der Waals surface area contributed by atoms with Crippen molar-refractivity contribution in [1.82, 2.24) is 9.55 Å². The number of benzene rings is 1. The summed E-state index contributed by atoms with van der Waals surface area (Å²) >= 11 is 4.63. The molecule has 7 heteroatoms. The van der Waals surface area contributed by atoms with Crippen LogP contribution in [-0.4, -0.2) is 21.6 Å². The van der Waals surface area contributed by atoms with Gasteiger partial charge in [-0.3, -0.25) is 9.36 Å². The van der Waals surface area contributed by atoms with E-state index in [0.29, 0.717) is 27.2 Å². The van der Waals surface area contributed by atoms with Gasteiger partial charge in [0.1, 0.15) is 9.71 Å². The molecule has 0 saturated carbocycles. The second kappa shape index (κ2) is 7.09. The molecule has 130 valence electrons. The van der Waals surface area contributed by atoms with Crippen LogP contribution in [0.5, 0.6) is 0 Å². The van der Waals surface area contributed by atoms with Crippen molar-refractivity contribution in [2.45, 2.75) is 33.4 Å². The number of thiophene rings is 1. The Morgan fingerprint density at radius 2 is 2.16 bits per heavy atom. The van der Waals surface area contributed by atoms with Crippen LogP contribution in [-0.2, 0) is 11.3 Å². The number of ether oxygens (including phenoxy) is 1. The largest absolute Gasteiger partial charge is 0.459 e. The van der Waals surface area contributed by atoms with Crippen molar-refractivity contribution in [3.63, 3.8) is 0 Å². The van der Waals surface area contributed by atoms with Gasteiger partial charge in [0.25, 0.3) is 5.56 Å². The number of hydrogen-bond donors (Lipinski definition) is 0. The number of fused-ring (bicyclic) bond motifs is 1. The molecule has 2 aromatic heterocycles. The lowest BCUT2D eigenvalue weighted by molar-refractivity contribution is 0.0383. The van der Waals surface area contributed by atoms with Crippen LogP contribution in [0.2, 0.25) is 0 Å². The monoisotopic (exact) mass is 420 g/mol. The number of rotatable bonds is 4. The summed E-state index contributed by atoms with van der Waals surface area (Å²) in [6.45, 7) is 5.78. The van der Waals surface area contributed by atoms with Gasteiger partial charge < -0.3 is 4.74 Å². The van der Waals surface area contributed by atoms with Gasteiger partial charge in [0.2, 0.25) is 0 Å². The highest BCUT2D eigenvalue weighted by atomic mass is 79.9. The highest BCUT2D eigenvalue weighted by Crippen LogP contribution is 2.27. The van der Waals surface area contributed by atoms with Crippen molar-refractivity contribution in [3.05, 3.63) is 61.4 Å². The second-order valence-electron chi connectivity index (χ2n) is 6.00. The van der Waals surface area contributed by atoms with Gasteiger partial charge in [-0.1, -0.05) is 28.1 Å². The standard InChI is InChI=1S/C18H17BrN2O3S/c1-10(2)24-18(23)15-11(3)14-16(25-15)20-9-21(17(14)22)8-12-5-4-6-13(19)7-12/h4-7,9-10H,8H2,1-3H3. The average molecular weight is 421 g/mol. The number of hydrogen-bond acceptors (Lipinski definition) is 5. The summed E-state index contributed by atoms with van der Waals surface area (Å²) in [6.07, 6.45) is 1.32. The summed E-state index contributed by atoms with van der Waals surface area (Å²) in [6, 6.07) is 7.77. The minimum atomic E-state index is -0.409. The van der Waals surface area contributed by atoms with E-state index >= 15 is 0 Å². The number of aryl methyl sites for hydroxylation is 1. The Kier molecular flexibility index (Phi) is 5.06. The zero-order valence-electron chi connectivity index (χ0n) is 14.1. The third-order valence-electron chi connectivity index (χ3n) is 3.69. The van der Waals surface area contributed by atoms with Crippen molar-refractivity contribution in [2.75, 3.05) is 0 Å². The summed E-state index contributed by atoms with van der Waals surface area (Å²) < 4.78 is 7.77. The van der Waals surface area contributed by atoms with Crippen LogP contribution < -0.4 is 5.56 Å². The predicted octanol–water partition coefficient (Wildman–Crippen LogP) is 4.14. The van der Waals surface area contributed by atoms with Crippen molar-refractivity contribution in [1.29, 1.82) is 0 Å². The zero-order valence-corrected chi connectivity index (χ0v) is 16.5. The molecule has 0 N–H and O–H groups in total. The molecule has 2 heterocycles. The zero-order chi connectivity index (χ0) is 18.1. The fourth-order valence-electron chi connectivity index (χ4n) is 2.57. The number of halogens is 1. The SMILES string of the molecule is Cc1c(C(=O)OC(C)C)sc2ncn(Cc3cccc(Br)c3)c(=O)c12. The predicted molar refractivity (Wildman–Crippen MR) is 102 cm³/mol. The molecule has 0 fully saturated rings. The molecule has 0 aliphatic rings. The Labute approximate surface area is 157 Å². The molecular formula is C18H17BrN2O3S. The van der Waals surface area contributed by atoms with E-state index in [1.165, 1.54) is 17.7 Å². The first-order chi connectivity index (χ1) is 11.9. The van der Waals surface area contributed by atoms with Crippen LogP contribution in [0.25, 0.3) is 10.2 Å². The van der Waals surface area contributed by atoms with E-state index in [2.05, 4.69) is 20.9 Å². The first-order valence-electron chi connectivity index (χ1n) is 7.80. The molecular weight excluding hydrogens is 404 g/mol. The molecule has 25 heavy (non-hydrogen) atoms. The lowest BCUT2D eigenvalue weighted by Crippen LogP contribution is -2.21. The van der Waals surface area contributed by atoms with E-state index in [0.717, 1.165) is 10.0 Å². The molecule has 0 amide bonds. The van der Waals surface area contributed by atoms with E-state index in [-0.39, 0.29) is 11.7 Å². The lowest BCUT2D eigenvalue weighted by Gasteiger charge is -2.07. The van der Waals surface area contributed by atoms with Crippen LogP contribution in [0.15, 0.2) is 39.9 Å². The van der Waals surface area contributed by atoms with E-state index in [1.54, 1.807) is 25.3 Å². The molecule has 5 nitrogen and oxygen atoms in total.